The molecule has 0 amide bonds. The number of likely N-dealkylation sites (tertiary alicyclic amines) is 1. The summed E-state index contributed by atoms with van der Waals surface area (Å²) in [4.78, 5) is 2.44. The van der Waals surface area contributed by atoms with Crippen molar-refractivity contribution in [1.82, 2.24) is 10.2 Å². The molecule has 11 heavy (non-hydrogen) atoms. The Balaban J connectivity index is 0.000000500. The van der Waals surface area contributed by atoms with Crippen molar-refractivity contribution in [2.24, 2.45) is 5.92 Å². The van der Waals surface area contributed by atoms with Gasteiger partial charge in [0.1, 0.15) is 0 Å². The lowest BCUT2D eigenvalue weighted by Gasteiger charge is -2.49. The highest BCUT2D eigenvalue weighted by atomic mass is 35.5. The molecule has 4 heteroatoms. The lowest BCUT2D eigenvalue weighted by molar-refractivity contribution is 0.0191. The van der Waals surface area contributed by atoms with Crippen molar-refractivity contribution in [3.63, 3.8) is 0 Å². The van der Waals surface area contributed by atoms with E-state index in [0.717, 1.165) is 12.0 Å². The van der Waals surface area contributed by atoms with Crippen molar-refractivity contribution >= 4 is 24.8 Å². The summed E-state index contributed by atoms with van der Waals surface area (Å²) in [7, 11) is 2.22. The maximum absolute atomic E-state index is 3.40. The van der Waals surface area contributed by atoms with Gasteiger partial charge in [0.15, 0.2) is 0 Å². The predicted molar refractivity (Wildman–Crippen MR) is 51.9 cm³/mol. The zero-order chi connectivity index (χ0) is 6.27. The molecule has 0 spiro atoms. The van der Waals surface area contributed by atoms with E-state index in [4.69, 9.17) is 0 Å². The first-order chi connectivity index (χ1) is 4.38. The molecule has 2 aliphatic heterocycles. The molecule has 0 aliphatic carbocycles. The van der Waals surface area contributed by atoms with Gasteiger partial charge in [-0.05, 0) is 25.9 Å². The van der Waals surface area contributed by atoms with Gasteiger partial charge in [-0.25, -0.2) is 0 Å². The van der Waals surface area contributed by atoms with Crippen LogP contribution in [0, 0.1) is 5.92 Å². The number of nitrogens with zero attached hydrogens (tertiary/aromatic N) is 1. The number of nitrogens with one attached hydrogen (secondary N) is 1. The third-order valence-corrected chi connectivity index (χ3v) is 2.68. The molecule has 0 aromatic heterocycles. The quantitative estimate of drug-likeness (QED) is 0.619. The minimum atomic E-state index is 0. The van der Waals surface area contributed by atoms with Gasteiger partial charge in [0.25, 0.3) is 0 Å². The van der Waals surface area contributed by atoms with E-state index in [-0.39, 0.29) is 24.8 Å². The Morgan fingerprint density at radius 1 is 1.36 bits per heavy atom. The average molecular weight is 199 g/mol. The van der Waals surface area contributed by atoms with Gasteiger partial charge < -0.3 is 10.2 Å². The van der Waals surface area contributed by atoms with E-state index in [9.17, 15) is 0 Å². The highest BCUT2D eigenvalue weighted by Crippen LogP contribution is 2.27. The second kappa shape index (κ2) is 4.51. The van der Waals surface area contributed by atoms with Crippen LogP contribution >= 0.6 is 24.8 Å². The summed E-state index contributed by atoms with van der Waals surface area (Å²) >= 11 is 0. The molecule has 0 aromatic carbocycles. The monoisotopic (exact) mass is 198 g/mol. The Labute approximate surface area is 80.5 Å². The van der Waals surface area contributed by atoms with Gasteiger partial charge in [-0.15, -0.1) is 24.8 Å². The standard InChI is InChI=1S/C7H14N2.2ClH/c1-9-5-6-2-3-8-4-7(6)9;;/h6-8H,2-5H2,1H3;2*1H/t6-,7-;;/m0../s1. The maximum atomic E-state index is 3.40. The second-order valence-corrected chi connectivity index (χ2v) is 3.26. The number of hydrogen-bond donors (Lipinski definition) is 1. The van der Waals surface area contributed by atoms with E-state index in [1.165, 1.54) is 26.1 Å². The fourth-order valence-corrected chi connectivity index (χ4v) is 1.99. The van der Waals surface area contributed by atoms with Crippen molar-refractivity contribution in [1.29, 1.82) is 0 Å². The third-order valence-electron chi connectivity index (χ3n) is 2.68. The van der Waals surface area contributed by atoms with Crippen LogP contribution in [0.15, 0.2) is 0 Å². The first-order valence-corrected chi connectivity index (χ1v) is 3.79. The Hall–Kier alpha value is 0.500. The molecule has 2 fully saturated rings. The lowest BCUT2D eigenvalue weighted by Crippen LogP contribution is -2.61. The Kier molecular flexibility index (Phi) is 4.71. The van der Waals surface area contributed by atoms with Crippen molar-refractivity contribution in [3.8, 4) is 0 Å². The van der Waals surface area contributed by atoms with Gasteiger partial charge in [-0.2, -0.15) is 0 Å². The summed E-state index contributed by atoms with van der Waals surface area (Å²) in [5, 5.41) is 3.40. The second-order valence-electron chi connectivity index (χ2n) is 3.26. The van der Waals surface area contributed by atoms with Crippen molar-refractivity contribution < 1.29 is 0 Å². The largest absolute Gasteiger partial charge is 0.315 e. The van der Waals surface area contributed by atoms with Gasteiger partial charge in [0, 0.05) is 19.1 Å². The molecule has 2 atom stereocenters. The van der Waals surface area contributed by atoms with Crippen LogP contribution in [0.25, 0.3) is 0 Å². The molecule has 0 bridgehead atoms. The van der Waals surface area contributed by atoms with Gasteiger partial charge >= 0.3 is 0 Å². The number of piperidine rings is 1. The normalized spacial score (nSPS) is 35.7. The number of hydrogen-bond acceptors (Lipinski definition) is 2. The smallest absolute Gasteiger partial charge is 0.0258 e. The number of likely N-dealkylation sites (N-methyl/N-ethyl adjacent to an activating group) is 1. The summed E-state index contributed by atoms with van der Waals surface area (Å²) in [6, 6.07) is 0.874. The molecule has 0 radical (unpaired) electrons. The van der Waals surface area contributed by atoms with Crippen LogP contribution in [-0.4, -0.2) is 37.6 Å². The topological polar surface area (TPSA) is 15.3 Å². The zero-order valence-electron chi connectivity index (χ0n) is 6.75. The van der Waals surface area contributed by atoms with Gasteiger partial charge in [-0.3, -0.25) is 0 Å². The molecule has 2 rings (SSSR count). The van der Waals surface area contributed by atoms with Crippen molar-refractivity contribution in [2.75, 3.05) is 26.7 Å². The molecule has 2 heterocycles. The number of fused-ring (bicyclic) bond motifs is 1. The van der Waals surface area contributed by atoms with E-state index >= 15 is 0 Å². The van der Waals surface area contributed by atoms with E-state index < -0.39 is 0 Å². The zero-order valence-corrected chi connectivity index (χ0v) is 8.38. The number of rotatable bonds is 0. The Morgan fingerprint density at radius 3 is 2.55 bits per heavy atom. The first-order valence-electron chi connectivity index (χ1n) is 3.79. The summed E-state index contributed by atoms with van der Waals surface area (Å²) in [6.07, 6.45) is 1.40. The van der Waals surface area contributed by atoms with Crippen LogP contribution in [0.1, 0.15) is 6.42 Å². The van der Waals surface area contributed by atoms with Crippen molar-refractivity contribution in [2.45, 2.75) is 12.5 Å². The van der Waals surface area contributed by atoms with Crippen LogP contribution in [-0.2, 0) is 0 Å². The minimum absolute atomic E-state index is 0. The minimum Gasteiger partial charge on any atom is -0.315 e. The molecule has 0 aromatic rings. The Bertz CT molecular complexity index is 119. The van der Waals surface area contributed by atoms with E-state index in [2.05, 4.69) is 17.3 Å². The fourth-order valence-electron chi connectivity index (χ4n) is 1.99. The molecule has 0 unspecified atom stereocenters. The van der Waals surface area contributed by atoms with E-state index in [0.29, 0.717) is 0 Å². The lowest BCUT2D eigenvalue weighted by atomic mass is 9.84. The van der Waals surface area contributed by atoms with Gasteiger partial charge in [-0.1, -0.05) is 0 Å². The summed E-state index contributed by atoms with van der Waals surface area (Å²) in [6.45, 7) is 3.81. The molecule has 1 N–H and O–H groups in total. The third kappa shape index (κ3) is 2.00. The Morgan fingerprint density at radius 2 is 2.09 bits per heavy atom. The molecule has 0 saturated carbocycles. The fraction of sp³-hybridized carbons (Fsp3) is 1.00. The first kappa shape index (κ1) is 11.5. The van der Waals surface area contributed by atoms with Gasteiger partial charge in [0.05, 0.1) is 0 Å². The molecule has 68 valence electrons. The highest BCUT2D eigenvalue weighted by Gasteiger charge is 2.37. The number of halogens is 2. The maximum Gasteiger partial charge on any atom is 0.0258 e. The van der Waals surface area contributed by atoms with Crippen LogP contribution in [0.3, 0.4) is 0 Å². The van der Waals surface area contributed by atoms with Gasteiger partial charge in [0.2, 0.25) is 0 Å². The predicted octanol–water partition coefficient (Wildman–Crippen LogP) is 0.753. The molecule has 2 nitrogen and oxygen atoms in total. The molecule has 2 aliphatic rings. The van der Waals surface area contributed by atoms with Crippen LogP contribution in [0.4, 0.5) is 0 Å². The molecular weight excluding hydrogens is 183 g/mol. The van der Waals surface area contributed by atoms with Crippen LogP contribution < -0.4 is 5.32 Å². The summed E-state index contributed by atoms with van der Waals surface area (Å²) < 4.78 is 0. The molecular formula is C7H16Cl2N2. The summed E-state index contributed by atoms with van der Waals surface area (Å²) in [5.74, 6) is 1.02. The van der Waals surface area contributed by atoms with E-state index in [1.807, 2.05) is 0 Å². The highest BCUT2D eigenvalue weighted by molar-refractivity contribution is 5.85. The molecule has 2 saturated heterocycles. The van der Waals surface area contributed by atoms with Crippen molar-refractivity contribution in [3.05, 3.63) is 0 Å². The van der Waals surface area contributed by atoms with E-state index in [1.54, 1.807) is 0 Å². The van der Waals surface area contributed by atoms with Crippen LogP contribution in [0.5, 0.6) is 0 Å². The van der Waals surface area contributed by atoms with Crippen LogP contribution in [0.2, 0.25) is 0 Å². The SMILES string of the molecule is CN1C[C@@H]2CCNC[C@@H]21.Cl.Cl. The summed E-state index contributed by atoms with van der Waals surface area (Å²) in [5.41, 5.74) is 0. The average Bonchev–Trinajstić information content (AvgIpc) is 1.86.